The predicted octanol–water partition coefficient (Wildman–Crippen LogP) is 4.55. The highest BCUT2D eigenvalue weighted by molar-refractivity contribution is 5.95. The van der Waals surface area contributed by atoms with E-state index in [9.17, 15) is 10.1 Å². The van der Waals surface area contributed by atoms with Gasteiger partial charge in [-0.1, -0.05) is 12.1 Å². The quantitative estimate of drug-likeness (QED) is 0.688. The van der Waals surface area contributed by atoms with Gasteiger partial charge in [-0.2, -0.15) is 5.26 Å². The van der Waals surface area contributed by atoms with Crippen molar-refractivity contribution in [2.75, 3.05) is 13.7 Å². The lowest BCUT2D eigenvalue weighted by Crippen LogP contribution is -2.42. The van der Waals surface area contributed by atoms with Crippen molar-refractivity contribution in [2.45, 2.75) is 64.7 Å². The van der Waals surface area contributed by atoms with Crippen LogP contribution in [0.4, 0.5) is 0 Å². The first-order valence-corrected chi connectivity index (χ1v) is 12.2. The second kappa shape index (κ2) is 10.1. The third-order valence-corrected chi connectivity index (χ3v) is 7.05. The molecule has 2 atom stereocenters. The maximum atomic E-state index is 12.8. The minimum atomic E-state index is -0.219. The number of guanidine groups is 1. The smallest absolute Gasteiger partial charge is 0.229 e. The summed E-state index contributed by atoms with van der Waals surface area (Å²) in [7, 11) is 1.67. The van der Waals surface area contributed by atoms with E-state index in [-0.39, 0.29) is 36.0 Å². The summed E-state index contributed by atoms with van der Waals surface area (Å²) in [5.74, 6) is 1.16. The van der Waals surface area contributed by atoms with Gasteiger partial charge in [0.25, 0.3) is 0 Å². The molecule has 0 spiro atoms. The minimum absolute atomic E-state index is 0.0678. The van der Waals surface area contributed by atoms with Crippen LogP contribution >= 0.6 is 0 Å². The molecule has 0 aliphatic carbocycles. The van der Waals surface area contributed by atoms with Crippen molar-refractivity contribution in [2.24, 2.45) is 16.6 Å². The molecule has 7 nitrogen and oxygen atoms in total. The fraction of sp³-hybridized carbons (Fsp3) is 0.464. The molecule has 2 unspecified atom stereocenters. The largest absolute Gasteiger partial charge is 0.490 e. The summed E-state index contributed by atoms with van der Waals surface area (Å²) in [5, 5.41) is 9.37. The zero-order valence-corrected chi connectivity index (χ0v) is 21.0. The van der Waals surface area contributed by atoms with Gasteiger partial charge < -0.3 is 15.2 Å². The number of amides is 1. The molecule has 0 saturated carbocycles. The van der Waals surface area contributed by atoms with Gasteiger partial charge in [-0.3, -0.25) is 9.69 Å². The Morgan fingerprint density at radius 1 is 1.20 bits per heavy atom. The van der Waals surface area contributed by atoms with Gasteiger partial charge >= 0.3 is 0 Å². The van der Waals surface area contributed by atoms with E-state index >= 15 is 0 Å². The Morgan fingerprint density at radius 2 is 2.00 bits per heavy atom. The van der Waals surface area contributed by atoms with Gasteiger partial charge in [0.2, 0.25) is 5.91 Å². The van der Waals surface area contributed by atoms with Crippen molar-refractivity contribution in [3.8, 4) is 22.9 Å². The van der Waals surface area contributed by atoms with Crippen molar-refractivity contribution in [1.82, 2.24) is 4.90 Å². The lowest BCUT2D eigenvalue weighted by atomic mass is 9.83. The number of aryl methyl sites for hydroxylation is 1. The van der Waals surface area contributed by atoms with E-state index < -0.39 is 0 Å². The molecule has 2 aromatic rings. The Balaban J connectivity index is 1.74. The van der Waals surface area contributed by atoms with Gasteiger partial charge in [0.05, 0.1) is 23.8 Å². The topological polar surface area (TPSA) is 101 Å². The van der Waals surface area contributed by atoms with Gasteiger partial charge in [0.1, 0.15) is 11.9 Å². The number of rotatable bonds is 2. The fourth-order valence-electron chi connectivity index (χ4n) is 4.97. The Labute approximate surface area is 207 Å². The number of nitrogens with zero attached hydrogens (tertiary/aromatic N) is 3. The summed E-state index contributed by atoms with van der Waals surface area (Å²) in [5.41, 5.74) is 10.5. The first kappa shape index (κ1) is 24.7. The number of hydrogen-bond acceptors (Lipinski definition) is 6. The maximum absolute atomic E-state index is 12.8. The van der Waals surface area contributed by atoms with Crippen molar-refractivity contribution < 1.29 is 14.3 Å². The molecule has 4 rings (SSSR count). The molecule has 1 amide bonds. The number of hydrogen-bond donors (Lipinski definition) is 1. The fourth-order valence-corrected chi connectivity index (χ4v) is 4.97. The second-order valence-electron chi connectivity index (χ2n) is 10.1. The van der Waals surface area contributed by atoms with Crippen LogP contribution in [0.5, 0.6) is 5.75 Å². The summed E-state index contributed by atoms with van der Waals surface area (Å²) >= 11 is 0. The predicted molar refractivity (Wildman–Crippen MR) is 136 cm³/mol. The molecular weight excluding hydrogens is 440 g/mol. The molecule has 0 bridgehead atoms. The molecule has 1 saturated heterocycles. The zero-order valence-electron chi connectivity index (χ0n) is 21.0. The number of ether oxygens (including phenoxy) is 2. The van der Waals surface area contributed by atoms with Crippen LogP contribution in [-0.4, -0.2) is 42.1 Å². The number of aliphatic imine (C=N–C) groups is 1. The highest BCUT2D eigenvalue weighted by Crippen LogP contribution is 2.36. The highest BCUT2D eigenvalue weighted by Gasteiger charge is 2.35. The van der Waals surface area contributed by atoms with Crippen LogP contribution in [0.2, 0.25) is 0 Å². The minimum Gasteiger partial charge on any atom is -0.490 e. The van der Waals surface area contributed by atoms with E-state index in [2.05, 4.69) is 31.0 Å². The average Bonchev–Trinajstić information content (AvgIpc) is 2.85. The molecule has 0 radical (unpaired) electrons. The van der Waals surface area contributed by atoms with E-state index in [4.69, 9.17) is 15.2 Å². The van der Waals surface area contributed by atoms with Crippen molar-refractivity contribution in [3.05, 3.63) is 53.1 Å². The Kier molecular flexibility index (Phi) is 7.13. The van der Waals surface area contributed by atoms with Crippen LogP contribution in [0.15, 0.2) is 41.4 Å². The van der Waals surface area contributed by atoms with Gasteiger partial charge in [-0.25, -0.2) is 4.99 Å². The highest BCUT2D eigenvalue weighted by atomic mass is 16.5. The molecule has 35 heavy (non-hydrogen) atoms. The maximum Gasteiger partial charge on any atom is 0.229 e. The molecule has 2 N–H and O–H groups in total. The number of carbonyl (C=O) groups excluding carboxylic acids is 1. The van der Waals surface area contributed by atoms with E-state index in [0.717, 1.165) is 40.8 Å². The Morgan fingerprint density at radius 3 is 2.74 bits per heavy atom. The number of fused-ring (bicyclic) bond motifs is 1. The molecule has 2 aliphatic rings. The van der Waals surface area contributed by atoms with Crippen LogP contribution in [0.25, 0.3) is 11.1 Å². The summed E-state index contributed by atoms with van der Waals surface area (Å²) in [6, 6.07) is 14.0. The second-order valence-corrected chi connectivity index (χ2v) is 10.1. The molecule has 2 aliphatic heterocycles. The van der Waals surface area contributed by atoms with Gasteiger partial charge in [-0.05, 0) is 81.0 Å². The standard InChI is InChI=1S/C28H34N4O3/c1-18-5-6-19(16-29)13-23(18)20-7-8-25-22(14-20)17-31-27(30)32(4)26(33)10-9-24(35-25)21-11-12-34-28(2,3)15-21/h5-8,13-14,21,24H,9-12,15,17H2,1-4H3,(H2,30,31). The van der Waals surface area contributed by atoms with E-state index in [1.54, 1.807) is 7.05 Å². The SMILES string of the molecule is Cc1ccc(C#N)cc1-c1ccc2c(c1)CN=C(N)N(C)C(=O)CCC(C1CCOC(C)(C)C1)O2. The molecule has 2 heterocycles. The third kappa shape index (κ3) is 5.66. The number of nitrogens with two attached hydrogens (primary N) is 1. The van der Waals surface area contributed by atoms with Crippen molar-refractivity contribution in [1.29, 1.82) is 5.26 Å². The lowest BCUT2D eigenvalue weighted by molar-refractivity contribution is -0.127. The molecule has 7 heteroatoms. The molecular formula is C28H34N4O3. The molecule has 2 aromatic carbocycles. The number of carbonyl (C=O) groups is 1. The molecule has 184 valence electrons. The average molecular weight is 475 g/mol. The van der Waals surface area contributed by atoms with Gasteiger partial charge in [-0.15, -0.1) is 0 Å². The summed E-state index contributed by atoms with van der Waals surface area (Å²) in [4.78, 5) is 18.7. The van der Waals surface area contributed by atoms with Crippen LogP contribution < -0.4 is 10.5 Å². The molecule has 0 aromatic heterocycles. The van der Waals surface area contributed by atoms with Crippen LogP contribution in [0.1, 0.15) is 56.2 Å². The first-order chi connectivity index (χ1) is 16.7. The lowest BCUT2D eigenvalue weighted by Gasteiger charge is -2.39. The van der Waals surface area contributed by atoms with Crippen LogP contribution in [-0.2, 0) is 16.1 Å². The van der Waals surface area contributed by atoms with E-state index in [0.29, 0.717) is 25.0 Å². The molecule has 1 fully saturated rings. The zero-order chi connectivity index (χ0) is 25.2. The van der Waals surface area contributed by atoms with Gasteiger partial charge in [0, 0.05) is 31.6 Å². The van der Waals surface area contributed by atoms with Crippen molar-refractivity contribution in [3.63, 3.8) is 0 Å². The Hall–Kier alpha value is -3.37. The van der Waals surface area contributed by atoms with Crippen LogP contribution in [0.3, 0.4) is 0 Å². The Bertz CT molecular complexity index is 1180. The summed E-state index contributed by atoms with van der Waals surface area (Å²) in [6.45, 7) is 7.21. The van der Waals surface area contributed by atoms with Gasteiger partial charge in [0.15, 0.2) is 5.96 Å². The normalized spacial score (nSPS) is 22.8. The third-order valence-electron chi connectivity index (χ3n) is 7.05. The summed E-state index contributed by atoms with van der Waals surface area (Å²) < 4.78 is 12.6. The van der Waals surface area contributed by atoms with Crippen molar-refractivity contribution >= 4 is 11.9 Å². The number of benzene rings is 2. The van der Waals surface area contributed by atoms with E-state index in [1.165, 1.54) is 4.90 Å². The van der Waals surface area contributed by atoms with E-state index in [1.807, 2.05) is 37.3 Å². The summed E-state index contributed by atoms with van der Waals surface area (Å²) in [6.07, 6.45) is 2.57. The van der Waals surface area contributed by atoms with Crippen LogP contribution in [0, 0.1) is 24.2 Å². The number of nitriles is 1. The first-order valence-electron chi connectivity index (χ1n) is 12.2. The monoisotopic (exact) mass is 474 g/mol.